The minimum absolute atomic E-state index is 0.434. The zero-order chi connectivity index (χ0) is 42.4. The van der Waals surface area contributed by atoms with Gasteiger partial charge in [-0.25, -0.2) is 0 Å². The first-order chi connectivity index (χ1) is 30.5. The normalized spacial score (nSPS) is 10.9. The summed E-state index contributed by atoms with van der Waals surface area (Å²) >= 11 is 0. The van der Waals surface area contributed by atoms with Gasteiger partial charge in [0.15, 0.2) is 0 Å². The average molecular weight is 817 g/mol. The predicted octanol–water partition coefficient (Wildman–Crippen LogP) is 11.1. The molecule has 0 unspecified atom stereocenters. The Morgan fingerprint density at radius 3 is 1.03 bits per heavy atom. The van der Waals surface area contributed by atoms with Crippen molar-refractivity contribution in [1.82, 2.24) is 29.9 Å². The van der Waals surface area contributed by atoms with Gasteiger partial charge in [-0.1, -0.05) is 121 Å². The van der Waals surface area contributed by atoms with Crippen LogP contribution in [0.15, 0.2) is 158 Å². The first-order valence-corrected chi connectivity index (χ1v) is 20.6. The number of benzene rings is 6. The van der Waals surface area contributed by atoms with Crippen LogP contribution in [0.3, 0.4) is 0 Å². The summed E-state index contributed by atoms with van der Waals surface area (Å²) in [5.74, 6) is 2.72. The third-order valence-electron chi connectivity index (χ3n) is 9.90. The third kappa shape index (κ3) is 11.8. The summed E-state index contributed by atoms with van der Waals surface area (Å²) in [6.45, 7) is 5.55. The lowest BCUT2D eigenvalue weighted by atomic mass is 10.0. The van der Waals surface area contributed by atoms with Gasteiger partial charge in [-0.3, -0.25) is 0 Å². The molecule has 0 bridgehead atoms. The Morgan fingerprint density at radius 1 is 0.355 bits per heavy atom. The zero-order valence-electron chi connectivity index (χ0n) is 34.7. The maximum Gasteiger partial charge on any atom is 0.233 e. The molecule has 0 aliphatic carbocycles. The Hall–Kier alpha value is -8.12. The molecule has 6 aromatic carbocycles. The molecule has 6 N–H and O–H groups in total. The van der Waals surface area contributed by atoms with Gasteiger partial charge in [-0.05, 0) is 109 Å². The molecular weight excluding hydrogens is 769 g/mol. The van der Waals surface area contributed by atoms with Crippen molar-refractivity contribution in [2.45, 2.75) is 26.7 Å². The molecule has 0 amide bonds. The lowest BCUT2D eigenvalue weighted by Gasteiger charge is -2.13. The van der Waals surface area contributed by atoms with E-state index in [0.717, 1.165) is 57.8 Å². The standard InChI is InChI=1S/C50H48N12/c1-35-33-43(55-49-59-45(51-31-29-37-15-7-3-8-16-37)57-47(61-49)53-41-19-11-5-12-20-41)27-25-39(35)23-24-40-26-28-44(34-36(40)2)56-50-60-46(52-32-30-38-17-9-4-10-18-38)58-48(62-50)54-42-21-13-6-14-22-42/h3-28,33-34H,29-32H2,1-2H3,(H3,51,53,55,57,59,61)(H3,52,54,56,58,60,62). The maximum absolute atomic E-state index is 4.70. The molecular formula is C50H48N12. The van der Waals surface area contributed by atoms with Crippen LogP contribution in [0.5, 0.6) is 0 Å². The van der Waals surface area contributed by atoms with Crippen molar-refractivity contribution >= 4 is 70.6 Å². The Labute approximate surface area is 362 Å². The summed E-state index contributed by atoms with van der Waals surface area (Å²) < 4.78 is 0. The van der Waals surface area contributed by atoms with Gasteiger partial charge in [-0.2, -0.15) is 29.9 Å². The number of nitrogens with zero attached hydrogens (tertiary/aromatic N) is 6. The minimum atomic E-state index is 0.434. The van der Waals surface area contributed by atoms with Crippen LogP contribution < -0.4 is 31.9 Å². The van der Waals surface area contributed by atoms with Gasteiger partial charge < -0.3 is 31.9 Å². The summed E-state index contributed by atoms with van der Waals surface area (Å²) in [5.41, 5.74) is 10.4. The van der Waals surface area contributed by atoms with Crippen LogP contribution in [-0.2, 0) is 12.8 Å². The van der Waals surface area contributed by atoms with Crippen molar-refractivity contribution in [3.8, 4) is 0 Å². The number of para-hydroxylation sites is 2. The fraction of sp³-hybridized carbons (Fsp3) is 0.120. The first kappa shape index (κ1) is 40.7. The summed E-state index contributed by atoms with van der Waals surface area (Å²) in [6, 6.07) is 52.8. The van der Waals surface area contributed by atoms with Crippen molar-refractivity contribution in [1.29, 1.82) is 0 Å². The fourth-order valence-electron chi connectivity index (χ4n) is 6.68. The molecule has 0 saturated heterocycles. The second-order valence-corrected chi connectivity index (χ2v) is 14.6. The van der Waals surface area contributed by atoms with Gasteiger partial charge >= 0.3 is 0 Å². The number of anilines is 10. The lowest BCUT2D eigenvalue weighted by molar-refractivity contribution is 0.968. The molecule has 8 rings (SSSR count). The molecule has 0 spiro atoms. The second kappa shape index (κ2) is 20.2. The highest BCUT2D eigenvalue weighted by atomic mass is 15.3. The van der Waals surface area contributed by atoms with Crippen molar-refractivity contribution in [2.75, 3.05) is 45.0 Å². The predicted molar refractivity (Wildman–Crippen MR) is 254 cm³/mol. The smallest absolute Gasteiger partial charge is 0.233 e. The SMILES string of the molecule is Cc1cc(Nc2nc(NCCc3ccccc3)nc(Nc3ccccc3)n2)ccc1C=Cc1ccc(Nc2nc(NCCc3ccccc3)nc(Nc3ccccc3)n2)cc1C. The van der Waals surface area contributed by atoms with Gasteiger partial charge in [0.1, 0.15) is 0 Å². The van der Waals surface area contributed by atoms with Crippen LogP contribution >= 0.6 is 0 Å². The molecule has 0 aliphatic rings. The highest BCUT2D eigenvalue weighted by Crippen LogP contribution is 2.25. The molecule has 0 fully saturated rings. The Kier molecular flexibility index (Phi) is 13.3. The lowest BCUT2D eigenvalue weighted by Crippen LogP contribution is -2.12. The van der Waals surface area contributed by atoms with E-state index in [-0.39, 0.29) is 0 Å². The van der Waals surface area contributed by atoms with E-state index in [1.807, 2.05) is 109 Å². The molecule has 0 saturated carbocycles. The highest BCUT2D eigenvalue weighted by Gasteiger charge is 2.11. The number of hydrogen-bond donors (Lipinski definition) is 6. The van der Waals surface area contributed by atoms with Crippen LogP contribution in [-0.4, -0.2) is 43.0 Å². The molecule has 0 aliphatic heterocycles. The van der Waals surface area contributed by atoms with Crippen LogP contribution in [0, 0.1) is 13.8 Å². The van der Waals surface area contributed by atoms with Gasteiger partial charge in [-0.15, -0.1) is 0 Å². The summed E-state index contributed by atoms with van der Waals surface area (Å²) in [7, 11) is 0. The summed E-state index contributed by atoms with van der Waals surface area (Å²) in [5, 5.41) is 20.1. The maximum atomic E-state index is 4.70. The fourth-order valence-corrected chi connectivity index (χ4v) is 6.68. The van der Waals surface area contributed by atoms with E-state index in [1.165, 1.54) is 11.1 Å². The number of rotatable bonds is 18. The van der Waals surface area contributed by atoms with Crippen LogP contribution in [0.2, 0.25) is 0 Å². The van der Waals surface area contributed by atoms with E-state index >= 15 is 0 Å². The molecule has 0 atom stereocenters. The Bertz CT molecular complexity index is 2520. The largest absolute Gasteiger partial charge is 0.354 e. The summed E-state index contributed by atoms with van der Waals surface area (Å²) in [4.78, 5) is 28.1. The van der Waals surface area contributed by atoms with E-state index in [9.17, 15) is 0 Å². The highest BCUT2D eigenvalue weighted by molar-refractivity contribution is 5.75. The van der Waals surface area contributed by atoms with Crippen molar-refractivity contribution in [2.24, 2.45) is 0 Å². The number of aryl methyl sites for hydroxylation is 2. The second-order valence-electron chi connectivity index (χ2n) is 14.6. The minimum Gasteiger partial charge on any atom is -0.354 e. The van der Waals surface area contributed by atoms with E-state index in [4.69, 9.17) is 9.97 Å². The Balaban J connectivity index is 0.933. The van der Waals surface area contributed by atoms with Crippen molar-refractivity contribution < 1.29 is 0 Å². The quantitative estimate of drug-likeness (QED) is 0.0458. The molecule has 8 aromatic rings. The van der Waals surface area contributed by atoms with Gasteiger partial charge in [0.2, 0.25) is 35.7 Å². The molecule has 308 valence electrons. The third-order valence-corrected chi connectivity index (χ3v) is 9.90. The van der Waals surface area contributed by atoms with E-state index in [2.05, 4.69) is 126 Å². The van der Waals surface area contributed by atoms with E-state index in [1.54, 1.807) is 0 Å². The molecule has 2 aromatic heterocycles. The van der Waals surface area contributed by atoms with Gasteiger partial charge in [0.25, 0.3) is 0 Å². The number of nitrogens with one attached hydrogen (secondary N) is 6. The molecule has 12 nitrogen and oxygen atoms in total. The van der Waals surface area contributed by atoms with Crippen LogP contribution in [0.4, 0.5) is 58.4 Å². The van der Waals surface area contributed by atoms with E-state index in [0.29, 0.717) is 48.8 Å². The zero-order valence-corrected chi connectivity index (χ0v) is 34.7. The average Bonchev–Trinajstić information content (AvgIpc) is 3.28. The number of hydrogen-bond acceptors (Lipinski definition) is 12. The Morgan fingerprint density at radius 2 is 0.677 bits per heavy atom. The molecule has 12 heteroatoms. The van der Waals surface area contributed by atoms with Crippen molar-refractivity contribution in [3.63, 3.8) is 0 Å². The van der Waals surface area contributed by atoms with Gasteiger partial charge in [0.05, 0.1) is 0 Å². The topological polar surface area (TPSA) is 150 Å². The first-order valence-electron chi connectivity index (χ1n) is 20.6. The van der Waals surface area contributed by atoms with Crippen LogP contribution in [0.1, 0.15) is 33.4 Å². The monoisotopic (exact) mass is 816 g/mol. The number of aromatic nitrogens is 6. The molecule has 0 radical (unpaired) electrons. The van der Waals surface area contributed by atoms with Crippen molar-refractivity contribution in [3.05, 3.63) is 191 Å². The van der Waals surface area contributed by atoms with Gasteiger partial charge in [0, 0.05) is 35.8 Å². The molecule has 62 heavy (non-hydrogen) atoms. The van der Waals surface area contributed by atoms with E-state index < -0.39 is 0 Å². The summed E-state index contributed by atoms with van der Waals surface area (Å²) in [6.07, 6.45) is 5.95. The van der Waals surface area contributed by atoms with Crippen LogP contribution in [0.25, 0.3) is 12.2 Å². The molecule has 2 heterocycles.